The standard InChI is InChI=1S/C22H22ClN3O/c23-20-10-11-21(24-22(20)27)18-6-8-19(9-7-18)26-14-12-25(13-15-26)16-17-4-2-1-3-5-17/h1-11H,12-16H2,(H,24,27). The van der Waals surface area contributed by atoms with Gasteiger partial charge in [-0.05, 0) is 35.4 Å². The van der Waals surface area contributed by atoms with E-state index in [1.54, 1.807) is 6.07 Å². The topological polar surface area (TPSA) is 39.3 Å². The molecule has 4 rings (SSSR count). The molecule has 4 nitrogen and oxygen atoms in total. The SMILES string of the molecule is O=c1[nH]c(-c2ccc(N3CCN(Cc4ccccc4)CC3)cc2)ccc1Cl. The number of hydrogen-bond donors (Lipinski definition) is 1. The van der Waals surface area contributed by atoms with Gasteiger partial charge in [-0.1, -0.05) is 54.1 Å². The van der Waals surface area contributed by atoms with Gasteiger partial charge in [0.15, 0.2) is 0 Å². The molecule has 0 bridgehead atoms. The number of rotatable bonds is 4. The number of benzene rings is 2. The maximum Gasteiger partial charge on any atom is 0.267 e. The highest BCUT2D eigenvalue weighted by Gasteiger charge is 2.17. The summed E-state index contributed by atoms with van der Waals surface area (Å²) in [4.78, 5) is 19.4. The number of aromatic amines is 1. The van der Waals surface area contributed by atoms with Crippen LogP contribution in [-0.4, -0.2) is 36.1 Å². The quantitative estimate of drug-likeness (QED) is 0.744. The molecule has 138 valence electrons. The maximum atomic E-state index is 11.7. The molecule has 1 aromatic heterocycles. The minimum absolute atomic E-state index is 0.212. The van der Waals surface area contributed by atoms with Crippen molar-refractivity contribution in [3.63, 3.8) is 0 Å². The lowest BCUT2D eigenvalue weighted by Gasteiger charge is -2.36. The number of pyridine rings is 1. The second-order valence-corrected chi connectivity index (χ2v) is 7.25. The smallest absolute Gasteiger partial charge is 0.267 e. The third-order valence-corrected chi connectivity index (χ3v) is 5.32. The van der Waals surface area contributed by atoms with E-state index < -0.39 is 0 Å². The van der Waals surface area contributed by atoms with Gasteiger partial charge in [-0.2, -0.15) is 0 Å². The summed E-state index contributed by atoms with van der Waals surface area (Å²) in [5.41, 5.74) is 4.09. The van der Waals surface area contributed by atoms with Gasteiger partial charge in [-0.15, -0.1) is 0 Å². The van der Waals surface area contributed by atoms with Crippen LogP contribution in [0.5, 0.6) is 0 Å². The molecule has 0 saturated carbocycles. The summed E-state index contributed by atoms with van der Waals surface area (Å²) in [7, 11) is 0. The van der Waals surface area contributed by atoms with Crippen LogP contribution in [0.25, 0.3) is 11.3 Å². The minimum Gasteiger partial charge on any atom is -0.369 e. The molecule has 0 aliphatic carbocycles. The molecule has 1 aliphatic heterocycles. The maximum absolute atomic E-state index is 11.7. The van der Waals surface area contributed by atoms with Crippen molar-refractivity contribution in [2.75, 3.05) is 31.1 Å². The van der Waals surface area contributed by atoms with Crippen LogP contribution in [0.3, 0.4) is 0 Å². The zero-order valence-corrected chi connectivity index (χ0v) is 15.8. The first kappa shape index (κ1) is 17.8. The highest BCUT2D eigenvalue weighted by Crippen LogP contribution is 2.23. The molecule has 2 heterocycles. The van der Waals surface area contributed by atoms with Crippen LogP contribution in [0, 0.1) is 0 Å². The second kappa shape index (κ2) is 7.99. The number of hydrogen-bond acceptors (Lipinski definition) is 3. The summed E-state index contributed by atoms with van der Waals surface area (Å²) in [6.07, 6.45) is 0. The van der Waals surface area contributed by atoms with E-state index in [2.05, 4.69) is 57.2 Å². The largest absolute Gasteiger partial charge is 0.369 e. The first-order valence-corrected chi connectivity index (χ1v) is 9.57. The Morgan fingerprint density at radius 1 is 0.852 bits per heavy atom. The average Bonchev–Trinajstić information content (AvgIpc) is 2.72. The molecule has 2 aromatic carbocycles. The van der Waals surface area contributed by atoms with E-state index >= 15 is 0 Å². The van der Waals surface area contributed by atoms with E-state index in [4.69, 9.17) is 11.6 Å². The van der Waals surface area contributed by atoms with E-state index in [1.165, 1.54) is 11.3 Å². The van der Waals surface area contributed by atoms with Crippen molar-refractivity contribution in [3.05, 3.63) is 87.7 Å². The Labute approximate surface area is 164 Å². The van der Waals surface area contributed by atoms with Crippen LogP contribution in [0.15, 0.2) is 71.5 Å². The number of anilines is 1. The van der Waals surface area contributed by atoms with Crippen molar-refractivity contribution in [3.8, 4) is 11.3 Å². The van der Waals surface area contributed by atoms with Crippen molar-refractivity contribution >= 4 is 17.3 Å². The third kappa shape index (κ3) is 4.24. The molecule has 5 heteroatoms. The molecule has 1 saturated heterocycles. The predicted octanol–water partition coefficient (Wildman–Crippen LogP) is 4.02. The van der Waals surface area contributed by atoms with Gasteiger partial charge in [0.2, 0.25) is 0 Å². The minimum atomic E-state index is -0.257. The highest BCUT2D eigenvalue weighted by molar-refractivity contribution is 6.30. The fraction of sp³-hybridized carbons (Fsp3) is 0.227. The van der Waals surface area contributed by atoms with Crippen molar-refractivity contribution in [1.82, 2.24) is 9.88 Å². The summed E-state index contributed by atoms with van der Waals surface area (Å²) in [5, 5.41) is 0.212. The van der Waals surface area contributed by atoms with Crippen LogP contribution < -0.4 is 10.5 Å². The number of H-pyrrole nitrogens is 1. The first-order chi connectivity index (χ1) is 13.2. The van der Waals surface area contributed by atoms with Gasteiger partial charge in [0.1, 0.15) is 5.02 Å². The lowest BCUT2D eigenvalue weighted by molar-refractivity contribution is 0.250. The number of halogens is 1. The Balaban J connectivity index is 1.38. The monoisotopic (exact) mass is 379 g/mol. The van der Waals surface area contributed by atoms with Gasteiger partial charge < -0.3 is 9.88 Å². The van der Waals surface area contributed by atoms with Crippen LogP contribution in [0.1, 0.15) is 5.56 Å². The Kier molecular flexibility index (Phi) is 5.28. The predicted molar refractivity (Wildman–Crippen MR) is 111 cm³/mol. The fourth-order valence-corrected chi connectivity index (χ4v) is 3.59. The summed E-state index contributed by atoms with van der Waals surface area (Å²) >= 11 is 5.80. The van der Waals surface area contributed by atoms with Gasteiger partial charge in [-0.3, -0.25) is 9.69 Å². The Morgan fingerprint density at radius 2 is 1.56 bits per heavy atom. The van der Waals surface area contributed by atoms with Gasteiger partial charge in [-0.25, -0.2) is 0 Å². The van der Waals surface area contributed by atoms with Gasteiger partial charge in [0, 0.05) is 44.1 Å². The van der Waals surface area contributed by atoms with Crippen LogP contribution in [0.4, 0.5) is 5.69 Å². The van der Waals surface area contributed by atoms with Gasteiger partial charge in [0.05, 0.1) is 0 Å². The molecule has 1 N–H and O–H groups in total. The summed E-state index contributed by atoms with van der Waals surface area (Å²) < 4.78 is 0. The normalized spacial score (nSPS) is 15.1. The number of piperazine rings is 1. The van der Waals surface area contributed by atoms with Crippen molar-refractivity contribution in [2.24, 2.45) is 0 Å². The van der Waals surface area contributed by atoms with E-state index in [-0.39, 0.29) is 10.6 Å². The van der Waals surface area contributed by atoms with Crippen LogP contribution in [-0.2, 0) is 6.54 Å². The number of nitrogens with one attached hydrogen (secondary N) is 1. The molecule has 0 unspecified atom stereocenters. The van der Waals surface area contributed by atoms with Crippen molar-refractivity contribution in [2.45, 2.75) is 6.54 Å². The molecule has 0 amide bonds. The van der Waals surface area contributed by atoms with Crippen molar-refractivity contribution < 1.29 is 0 Å². The second-order valence-electron chi connectivity index (χ2n) is 6.84. The third-order valence-electron chi connectivity index (χ3n) is 5.03. The van der Waals surface area contributed by atoms with Gasteiger partial charge >= 0.3 is 0 Å². The molecule has 1 aliphatic rings. The Bertz CT molecular complexity index is 945. The zero-order chi connectivity index (χ0) is 18.6. The molecule has 1 fully saturated rings. The van der Waals surface area contributed by atoms with E-state index in [0.717, 1.165) is 44.0 Å². The number of aromatic nitrogens is 1. The molecule has 27 heavy (non-hydrogen) atoms. The van der Waals surface area contributed by atoms with E-state index in [1.807, 2.05) is 18.2 Å². The summed E-state index contributed by atoms with van der Waals surface area (Å²) in [6.45, 7) is 5.16. The van der Waals surface area contributed by atoms with Gasteiger partial charge in [0.25, 0.3) is 5.56 Å². The molecule has 0 radical (unpaired) electrons. The average molecular weight is 380 g/mol. The molecule has 3 aromatic rings. The molecule has 0 spiro atoms. The highest BCUT2D eigenvalue weighted by atomic mass is 35.5. The Hall–Kier alpha value is -2.56. The molecule has 0 atom stereocenters. The van der Waals surface area contributed by atoms with E-state index in [0.29, 0.717) is 0 Å². The zero-order valence-electron chi connectivity index (χ0n) is 15.1. The van der Waals surface area contributed by atoms with E-state index in [9.17, 15) is 4.79 Å². The number of nitrogens with zero attached hydrogens (tertiary/aromatic N) is 2. The fourth-order valence-electron chi connectivity index (χ4n) is 3.48. The van der Waals surface area contributed by atoms with Crippen LogP contribution in [0.2, 0.25) is 5.02 Å². The Morgan fingerprint density at radius 3 is 2.22 bits per heavy atom. The summed E-state index contributed by atoms with van der Waals surface area (Å²) in [5.74, 6) is 0. The summed E-state index contributed by atoms with van der Waals surface area (Å²) in [6, 6.07) is 22.4. The lowest BCUT2D eigenvalue weighted by Crippen LogP contribution is -2.45. The lowest BCUT2D eigenvalue weighted by atomic mass is 10.1. The van der Waals surface area contributed by atoms with Crippen LogP contribution >= 0.6 is 11.6 Å². The molecular weight excluding hydrogens is 358 g/mol. The van der Waals surface area contributed by atoms with Crippen molar-refractivity contribution in [1.29, 1.82) is 0 Å². The molecular formula is C22H22ClN3O. The first-order valence-electron chi connectivity index (χ1n) is 9.19.